The molecule has 0 unspecified atom stereocenters. The Morgan fingerprint density at radius 1 is 1.26 bits per heavy atom. The van der Waals surface area contributed by atoms with Gasteiger partial charge >= 0.3 is 11.9 Å². The molecule has 0 aromatic heterocycles. The van der Waals surface area contributed by atoms with Gasteiger partial charge in [0.2, 0.25) is 0 Å². The fraction of sp³-hybridized carbons (Fsp3) is 0.591. The van der Waals surface area contributed by atoms with Crippen molar-refractivity contribution < 1.29 is 24.2 Å². The summed E-state index contributed by atoms with van der Waals surface area (Å²) in [6.45, 7) is 7.61. The molecule has 0 aromatic carbocycles. The number of carboxylic acid groups (broad SMARTS) is 1. The minimum Gasteiger partial charge on any atom is -0.481 e. The number of carboxylic acids is 1. The fourth-order valence-corrected chi connectivity index (χ4v) is 5.14. The molecule has 146 valence electrons. The highest BCUT2D eigenvalue weighted by molar-refractivity contribution is 5.84. The third-order valence-corrected chi connectivity index (χ3v) is 6.74. The van der Waals surface area contributed by atoms with Gasteiger partial charge in [-0.05, 0) is 48.3 Å². The number of carbonyl (C=O) groups is 3. The Hall–Kier alpha value is -2.17. The summed E-state index contributed by atoms with van der Waals surface area (Å²) in [6, 6.07) is 0. The lowest BCUT2D eigenvalue weighted by Gasteiger charge is -2.48. The van der Waals surface area contributed by atoms with E-state index in [9.17, 15) is 19.5 Å². The second kappa shape index (κ2) is 6.77. The van der Waals surface area contributed by atoms with E-state index in [2.05, 4.69) is 13.8 Å². The minimum atomic E-state index is -0.870. The Balaban J connectivity index is 2.24. The van der Waals surface area contributed by atoms with Crippen LogP contribution in [0.15, 0.2) is 34.4 Å². The maximum Gasteiger partial charge on any atom is 0.314 e. The van der Waals surface area contributed by atoms with E-state index >= 15 is 0 Å². The van der Waals surface area contributed by atoms with Crippen LogP contribution in [-0.2, 0) is 19.1 Å². The van der Waals surface area contributed by atoms with E-state index in [1.165, 1.54) is 12.5 Å². The standard InChI is InChI=1S/C22H28O5/c1-13(2)16-7-8-22(20(25)26)10-9-21(4)17(19(16)22)6-5-15(12-23)11-18(21)27-14(3)24/h5-6,12-13,18H,7-11H2,1-4H3,(H,25,26)/t18-,21+,22-/m0/s1. The van der Waals surface area contributed by atoms with Gasteiger partial charge in [-0.3, -0.25) is 14.4 Å². The Kier molecular flexibility index (Phi) is 4.91. The number of esters is 1. The molecule has 5 heteroatoms. The zero-order valence-corrected chi connectivity index (χ0v) is 16.5. The molecule has 1 fully saturated rings. The molecule has 3 aliphatic carbocycles. The molecule has 0 aliphatic heterocycles. The Bertz CT molecular complexity index is 785. The Labute approximate surface area is 160 Å². The summed E-state index contributed by atoms with van der Waals surface area (Å²) in [6.07, 6.45) is 6.87. The van der Waals surface area contributed by atoms with Crippen molar-refractivity contribution in [1.29, 1.82) is 0 Å². The van der Waals surface area contributed by atoms with Gasteiger partial charge in [-0.15, -0.1) is 0 Å². The van der Waals surface area contributed by atoms with Gasteiger partial charge in [0.25, 0.3) is 0 Å². The van der Waals surface area contributed by atoms with Gasteiger partial charge in [0, 0.05) is 18.8 Å². The van der Waals surface area contributed by atoms with E-state index in [0.29, 0.717) is 31.3 Å². The number of fused-ring (bicyclic) bond motifs is 3. The Morgan fingerprint density at radius 2 is 1.96 bits per heavy atom. The predicted molar refractivity (Wildman–Crippen MR) is 101 cm³/mol. The molecule has 5 nitrogen and oxygen atoms in total. The summed E-state index contributed by atoms with van der Waals surface area (Å²) in [7, 11) is 0. The highest BCUT2D eigenvalue weighted by Gasteiger charge is 2.58. The molecule has 0 amide bonds. The topological polar surface area (TPSA) is 80.7 Å². The van der Waals surface area contributed by atoms with Crippen LogP contribution in [0.1, 0.15) is 59.8 Å². The summed E-state index contributed by atoms with van der Waals surface area (Å²) in [5.74, 6) is -0.911. The van der Waals surface area contributed by atoms with Gasteiger partial charge in [0.05, 0.1) is 5.41 Å². The second-order valence-electron chi connectivity index (χ2n) is 8.60. The van der Waals surface area contributed by atoms with Crippen molar-refractivity contribution in [1.82, 2.24) is 0 Å². The number of allylic oxidation sites excluding steroid dienone is 3. The van der Waals surface area contributed by atoms with Crippen molar-refractivity contribution in [3.63, 3.8) is 0 Å². The van der Waals surface area contributed by atoms with E-state index in [-0.39, 0.29) is 11.9 Å². The summed E-state index contributed by atoms with van der Waals surface area (Å²) in [5.41, 5.74) is 2.21. The molecule has 27 heavy (non-hydrogen) atoms. The van der Waals surface area contributed by atoms with Gasteiger partial charge in [0.15, 0.2) is 0 Å². The lowest BCUT2D eigenvalue weighted by molar-refractivity contribution is -0.155. The summed E-state index contributed by atoms with van der Waals surface area (Å²) in [5, 5.41) is 10.1. The van der Waals surface area contributed by atoms with Crippen LogP contribution in [0.4, 0.5) is 0 Å². The van der Waals surface area contributed by atoms with Crippen molar-refractivity contribution in [2.45, 2.75) is 65.9 Å². The van der Waals surface area contributed by atoms with Crippen molar-refractivity contribution in [3.05, 3.63) is 34.4 Å². The highest BCUT2D eigenvalue weighted by atomic mass is 16.5. The van der Waals surface area contributed by atoms with E-state index in [0.717, 1.165) is 23.9 Å². The normalized spacial score (nSPS) is 32.9. The molecule has 0 saturated heterocycles. The zero-order chi connectivity index (χ0) is 20.0. The Morgan fingerprint density at radius 3 is 2.52 bits per heavy atom. The highest BCUT2D eigenvalue weighted by Crippen LogP contribution is 2.62. The van der Waals surface area contributed by atoms with Gasteiger partial charge < -0.3 is 9.84 Å². The van der Waals surface area contributed by atoms with Crippen LogP contribution in [0.5, 0.6) is 0 Å². The average Bonchev–Trinajstić information content (AvgIpc) is 2.93. The monoisotopic (exact) mass is 372 g/mol. The van der Waals surface area contributed by atoms with Crippen LogP contribution in [0.2, 0.25) is 0 Å². The van der Waals surface area contributed by atoms with Crippen molar-refractivity contribution in [2.24, 2.45) is 16.7 Å². The number of ether oxygens (including phenoxy) is 1. The lowest BCUT2D eigenvalue weighted by atomic mass is 9.57. The van der Waals surface area contributed by atoms with E-state index in [1.807, 2.05) is 13.0 Å². The molecule has 3 rings (SSSR count). The summed E-state index contributed by atoms with van der Waals surface area (Å²) < 4.78 is 5.66. The first-order chi connectivity index (χ1) is 12.7. The van der Waals surface area contributed by atoms with Crippen LogP contribution >= 0.6 is 0 Å². The SMILES string of the molecule is CC(=O)O[C@H]1CC(C=O)=CC=C2C3=C(C(C)C)CC[C@]3(C(=O)O)CC[C@]21C. The molecule has 3 atom stereocenters. The molecule has 0 radical (unpaired) electrons. The number of aldehydes is 1. The van der Waals surface area contributed by atoms with Crippen LogP contribution < -0.4 is 0 Å². The number of carbonyl (C=O) groups excluding carboxylic acids is 2. The van der Waals surface area contributed by atoms with Gasteiger partial charge in [-0.2, -0.15) is 0 Å². The van der Waals surface area contributed by atoms with Crippen LogP contribution in [0.3, 0.4) is 0 Å². The van der Waals surface area contributed by atoms with E-state index < -0.39 is 22.9 Å². The smallest absolute Gasteiger partial charge is 0.314 e. The molecular weight excluding hydrogens is 344 g/mol. The van der Waals surface area contributed by atoms with Gasteiger partial charge in [0.1, 0.15) is 12.4 Å². The van der Waals surface area contributed by atoms with Crippen molar-refractivity contribution in [3.8, 4) is 0 Å². The first-order valence-electron chi connectivity index (χ1n) is 9.66. The molecule has 0 aromatic rings. The number of hydrogen-bond acceptors (Lipinski definition) is 4. The van der Waals surface area contributed by atoms with Crippen LogP contribution in [0.25, 0.3) is 0 Å². The number of aliphatic carboxylic acids is 1. The van der Waals surface area contributed by atoms with Crippen molar-refractivity contribution >= 4 is 18.2 Å². The maximum absolute atomic E-state index is 12.4. The first kappa shape index (κ1) is 19.6. The van der Waals surface area contributed by atoms with E-state index in [1.54, 1.807) is 6.08 Å². The second-order valence-corrected chi connectivity index (χ2v) is 8.60. The quantitative estimate of drug-likeness (QED) is 0.596. The largest absolute Gasteiger partial charge is 0.481 e. The minimum absolute atomic E-state index is 0.245. The summed E-state index contributed by atoms with van der Waals surface area (Å²) in [4.78, 5) is 35.6. The fourth-order valence-electron chi connectivity index (χ4n) is 5.14. The number of hydrogen-bond donors (Lipinski definition) is 1. The zero-order valence-electron chi connectivity index (χ0n) is 16.5. The third-order valence-electron chi connectivity index (χ3n) is 6.74. The predicted octanol–water partition coefficient (Wildman–Crippen LogP) is 3.99. The van der Waals surface area contributed by atoms with Gasteiger partial charge in [-0.1, -0.05) is 38.5 Å². The molecule has 0 spiro atoms. The molecule has 0 heterocycles. The molecule has 1 saturated carbocycles. The molecule has 3 aliphatic rings. The van der Waals surface area contributed by atoms with Gasteiger partial charge in [-0.25, -0.2) is 0 Å². The number of rotatable bonds is 4. The summed E-state index contributed by atoms with van der Waals surface area (Å²) >= 11 is 0. The maximum atomic E-state index is 12.4. The van der Waals surface area contributed by atoms with Crippen molar-refractivity contribution in [2.75, 3.05) is 0 Å². The molecule has 1 N–H and O–H groups in total. The third kappa shape index (κ3) is 2.97. The molecule has 0 bridgehead atoms. The lowest BCUT2D eigenvalue weighted by Crippen LogP contribution is -2.46. The van der Waals surface area contributed by atoms with E-state index in [4.69, 9.17) is 4.74 Å². The molecular formula is C22H28O5. The van der Waals surface area contributed by atoms with Crippen LogP contribution in [0, 0.1) is 16.7 Å². The van der Waals surface area contributed by atoms with Crippen LogP contribution in [-0.4, -0.2) is 29.4 Å². The average molecular weight is 372 g/mol. The first-order valence-corrected chi connectivity index (χ1v) is 9.66.